The van der Waals surface area contributed by atoms with Crippen molar-refractivity contribution in [1.82, 2.24) is 4.57 Å². The lowest BCUT2D eigenvalue weighted by atomic mass is 10.0. The number of hydrogen-bond donors (Lipinski definition) is 2. The van der Waals surface area contributed by atoms with Crippen LogP contribution < -0.4 is 9.47 Å². The molecule has 0 aliphatic rings. The maximum Gasteiger partial charge on any atom is 0.305 e. The average molecular weight is 341 g/mol. The van der Waals surface area contributed by atoms with Gasteiger partial charge in [-0.05, 0) is 23.8 Å². The zero-order chi connectivity index (χ0) is 18.0. The number of rotatable bonds is 6. The minimum Gasteiger partial charge on any atom is -0.494 e. The largest absolute Gasteiger partial charge is 0.494 e. The molecule has 0 saturated heterocycles. The molecule has 1 aromatic heterocycles. The van der Waals surface area contributed by atoms with E-state index in [1.807, 2.05) is 18.2 Å². The van der Waals surface area contributed by atoms with Crippen molar-refractivity contribution >= 4 is 16.7 Å². The van der Waals surface area contributed by atoms with Gasteiger partial charge in [0.2, 0.25) is 0 Å². The number of aromatic hydroxyl groups is 1. The van der Waals surface area contributed by atoms with Gasteiger partial charge in [-0.2, -0.15) is 0 Å². The summed E-state index contributed by atoms with van der Waals surface area (Å²) in [5.41, 5.74) is 0.704. The molecular weight excluding hydrogens is 322 g/mol. The molecule has 130 valence electrons. The second-order valence-corrected chi connectivity index (χ2v) is 5.68. The van der Waals surface area contributed by atoms with Crippen LogP contribution in [0.3, 0.4) is 0 Å². The molecule has 0 fully saturated rings. The van der Waals surface area contributed by atoms with Crippen molar-refractivity contribution in [3.63, 3.8) is 0 Å². The molecule has 0 radical (unpaired) electrons. The Morgan fingerprint density at radius 2 is 1.84 bits per heavy atom. The van der Waals surface area contributed by atoms with Crippen LogP contribution in [0.15, 0.2) is 48.7 Å². The van der Waals surface area contributed by atoms with Gasteiger partial charge >= 0.3 is 5.97 Å². The van der Waals surface area contributed by atoms with E-state index in [2.05, 4.69) is 0 Å². The Bertz CT molecular complexity index is 915. The van der Waals surface area contributed by atoms with Gasteiger partial charge in [0.05, 0.1) is 26.7 Å². The summed E-state index contributed by atoms with van der Waals surface area (Å²) in [6.07, 6.45) is 1.58. The van der Waals surface area contributed by atoms with Crippen molar-refractivity contribution in [2.24, 2.45) is 0 Å². The third-order valence-electron chi connectivity index (χ3n) is 4.22. The minimum absolute atomic E-state index is 0.0386. The van der Waals surface area contributed by atoms with Gasteiger partial charge in [0.1, 0.15) is 0 Å². The quantitative estimate of drug-likeness (QED) is 0.718. The first-order chi connectivity index (χ1) is 12.0. The minimum atomic E-state index is -0.961. The fourth-order valence-electron chi connectivity index (χ4n) is 3.00. The Kier molecular flexibility index (Phi) is 4.52. The van der Waals surface area contributed by atoms with Crippen LogP contribution in [-0.4, -0.2) is 35.0 Å². The first-order valence-corrected chi connectivity index (χ1v) is 7.77. The van der Waals surface area contributed by atoms with Crippen molar-refractivity contribution in [3.05, 3.63) is 54.2 Å². The highest BCUT2D eigenvalue weighted by Crippen LogP contribution is 2.37. The average Bonchev–Trinajstić information content (AvgIpc) is 2.96. The van der Waals surface area contributed by atoms with Gasteiger partial charge in [-0.3, -0.25) is 4.79 Å². The molecule has 0 saturated carbocycles. The van der Waals surface area contributed by atoms with Crippen LogP contribution in [0.5, 0.6) is 17.4 Å². The van der Waals surface area contributed by atoms with Crippen LogP contribution in [0.25, 0.3) is 10.8 Å². The summed E-state index contributed by atoms with van der Waals surface area (Å²) in [7, 11) is 3.06. The molecule has 1 atom stereocenters. The lowest BCUT2D eigenvalue weighted by molar-refractivity contribution is -0.137. The van der Waals surface area contributed by atoms with E-state index in [4.69, 9.17) is 9.47 Å². The van der Waals surface area contributed by atoms with Crippen LogP contribution in [0.2, 0.25) is 0 Å². The second kappa shape index (κ2) is 6.76. The highest BCUT2D eigenvalue weighted by atomic mass is 16.5. The lowest BCUT2D eigenvalue weighted by Gasteiger charge is -2.20. The van der Waals surface area contributed by atoms with Gasteiger partial charge in [0.25, 0.3) is 0 Å². The van der Waals surface area contributed by atoms with Gasteiger partial charge in [-0.1, -0.05) is 24.3 Å². The molecular formula is C19H19NO5. The molecule has 6 heteroatoms. The Hall–Kier alpha value is -3.15. The number of methoxy groups -OCH3 is 2. The van der Waals surface area contributed by atoms with E-state index in [1.165, 1.54) is 14.2 Å². The van der Waals surface area contributed by atoms with Gasteiger partial charge in [0.15, 0.2) is 17.4 Å². The van der Waals surface area contributed by atoms with Crippen molar-refractivity contribution in [2.75, 3.05) is 14.2 Å². The molecule has 0 bridgehead atoms. The number of carbonyl (C=O) groups is 1. The summed E-state index contributed by atoms with van der Waals surface area (Å²) in [5.74, 6) is 0.141. The van der Waals surface area contributed by atoms with Crippen molar-refractivity contribution in [2.45, 2.75) is 12.5 Å². The topological polar surface area (TPSA) is 80.9 Å². The van der Waals surface area contributed by atoms with Gasteiger partial charge < -0.3 is 24.3 Å². The number of benzene rings is 2. The number of aromatic nitrogens is 1. The Labute approximate surface area is 144 Å². The van der Waals surface area contributed by atoms with E-state index in [0.29, 0.717) is 22.4 Å². The molecule has 1 heterocycles. The molecule has 2 aromatic carbocycles. The Balaban J connectivity index is 2.14. The first-order valence-electron chi connectivity index (χ1n) is 7.77. The fourth-order valence-corrected chi connectivity index (χ4v) is 3.00. The van der Waals surface area contributed by atoms with Crippen LogP contribution in [-0.2, 0) is 4.79 Å². The van der Waals surface area contributed by atoms with Crippen LogP contribution in [0.1, 0.15) is 18.0 Å². The molecule has 2 N–H and O–H groups in total. The smallest absolute Gasteiger partial charge is 0.305 e. The number of nitrogens with zero attached hydrogens (tertiary/aromatic N) is 1. The van der Waals surface area contributed by atoms with E-state index in [1.54, 1.807) is 35.0 Å². The summed E-state index contributed by atoms with van der Waals surface area (Å²) >= 11 is 0. The van der Waals surface area contributed by atoms with Crippen molar-refractivity contribution < 1.29 is 24.5 Å². The van der Waals surface area contributed by atoms with Crippen molar-refractivity contribution in [1.29, 1.82) is 0 Å². The summed E-state index contributed by atoms with van der Waals surface area (Å²) in [6, 6.07) is 12.0. The number of fused-ring (bicyclic) bond motifs is 1. The zero-order valence-electron chi connectivity index (χ0n) is 14.0. The number of hydrogen-bond acceptors (Lipinski definition) is 4. The highest BCUT2D eigenvalue weighted by molar-refractivity contribution is 5.88. The molecule has 0 amide bonds. The molecule has 25 heavy (non-hydrogen) atoms. The van der Waals surface area contributed by atoms with Crippen molar-refractivity contribution in [3.8, 4) is 17.4 Å². The summed E-state index contributed by atoms with van der Waals surface area (Å²) in [4.78, 5) is 11.4. The third kappa shape index (κ3) is 3.10. The maximum absolute atomic E-state index is 11.4. The molecule has 3 rings (SSSR count). The summed E-state index contributed by atoms with van der Waals surface area (Å²) in [6.45, 7) is 0. The van der Waals surface area contributed by atoms with Gasteiger partial charge in [-0.25, -0.2) is 0 Å². The molecule has 0 aliphatic carbocycles. The predicted molar refractivity (Wildman–Crippen MR) is 93.5 cm³/mol. The standard InChI is InChI=1S/C19H19NO5/c1-24-16-8-7-12(9-17(16)25-2)15(10-18(21)22)20-11-13-5-3-4-6-14(13)19(20)23/h3-9,11,15,23H,10H2,1-2H3,(H,21,22)/t15-/m0/s1. The van der Waals surface area contributed by atoms with E-state index in [-0.39, 0.29) is 12.3 Å². The zero-order valence-corrected chi connectivity index (χ0v) is 14.0. The molecule has 0 spiro atoms. The summed E-state index contributed by atoms with van der Waals surface area (Å²) < 4.78 is 12.1. The van der Waals surface area contributed by atoms with Gasteiger partial charge in [-0.15, -0.1) is 0 Å². The second-order valence-electron chi connectivity index (χ2n) is 5.68. The molecule has 0 unspecified atom stereocenters. The Morgan fingerprint density at radius 1 is 1.12 bits per heavy atom. The number of aliphatic carboxylic acids is 1. The fraction of sp³-hybridized carbons (Fsp3) is 0.211. The highest BCUT2D eigenvalue weighted by Gasteiger charge is 2.23. The molecule has 0 aliphatic heterocycles. The molecule has 3 aromatic rings. The normalized spacial score (nSPS) is 12.1. The molecule has 6 nitrogen and oxygen atoms in total. The lowest BCUT2D eigenvalue weighted by Crippen LogP contribution is -2.14. The van der Waals surface area contributed by atoms with E-state index < -0.39 is 12.0 Å². The van der Waals surface area contributed by atoms with E-state index >= 15 is 0 Å². The number of carboxylic acid groups (broad SMARTS) is 1. The Morgan fingerprint density at radius 3 is 2.48 bits per heavy atom. The predicted octanol–water partition coefficient (Wildman–Crippen LogP) is 3.43. The van der Waals surface area contributed by atoms with Crippen LogP contribution >= 0.6 is 0 Å². The third-order valence-corrected chi connectivity index (χ3v) is 4.22. The van der Waals surface area contributed by atoms with Crippen LogP contribution in [0, 0.1) is 0 Å². The number of carboxylic acids is 1. The number of ether oxygens (including phenoxy) is 2. The maximum atomic E-state index is 11.4. The van der Waals surface area contributed by atoms with E-state index in [0.717, 1.165) is 5.39 Å². The van der Waals surface area contributed by atoms with E-state index in [9.17, 15) is 15.0 Å². The SMILES string of the molecule is COc1ccc([C@H](CC(=O)O)n2cc3ccccc3c2O)cc1OC. The van der Waals surface area contributed by atoms with Gasteiger partial charge in [0, 0.05) is 17.0 Å². The first kappa shape index (κ1) is 16.7. The summed E-state index contributed by atoms with van der Waals surface area (Å²) in [5, 5.41) is 21.4. The monoisotopic (exact) mass is 341 g/mol. The van der Waals surface area contributed by atoms with Crippen LogP contribution in [0.4, 0.5) is 0 Å².